The lowest BCUT2D eigenvalue weighted by atomic mass is 10.1. The Morgan fingerprint density at radius 2 is 1.94 bits per heavy atom. The minimum Gasteiger partial charge on any atom is -0.508 e. The molecular weight excluding hydrogens is 232 g/mol. The van der Waals surface area contributed by atoms with E-state index in [1.807, 2.05) is 0 Å². The molecule has 0 saturated heterocycles. The number of benzene rings is 1. The molecule has 0 atom stereocenters. The number of hydrogen-bond acceptors (Lipinski definition) is 4. The van der Waals surface area contributed by atoms with E-state index in [4.69, 9.17) is 9.84 Å². The van der Waals surface area contributed by atoms with Gasteiger partial charge in [0.2, 0.25) is 5.91 Å². The number of rotatable bonds is 8. The van der Waals surface area contributed by atoms with E-state index in [0.29, 0.717) is 19.6 Å². The first-order valence-corrected chi connectivity index (χ1v) is 5.96. The van der Waals surface area contributed by atoms with E-state index in [1.165, 1.54) is 0 Å². The van der Waals surface area contributed by atoms with Gasteiger partial charge in [-0.25, -0.2) is 0 Å². The molecule has 0 aliphatic rings. The van der Waals surface area contributed by atoms with Crippen molar-refractivity contribution in [2.45, 2.75) is 6.42 Å². The summed E-state index contributed by atoms with van der Waals surface area (Å²) in [6.07, 6.45) is 0.332. The Morgan fingerprint density at radius 3 is 2.61 bits per heavy atom. The van der Waals surface area contributed by atoms with Gasteiger partial charge in [0.15, 0.2) is 0 Å². The number of carbonyl (C=O) groups excluding carboxylic acids is 1. The van der Waals surface area contributed by atoms with Crippen molar-refractivity contribution < 1.29 is 14.6 Å². The van der Waals surface area contributed by atoms with Gasteiger partial charge in [-0.05, 0) is 17.7 Å². The minimum atomic E-state index is -0.0192. The lowest BCUT2D eigenvalue weighted by Gasteiger charge is -2.06. The fourth-order valence-electron chi connectivity index (χ4n) is 1.45. The van der Waals surface area contributed by atoms with Crippen molar-refractivity contribution >= 4 is 5.91 Å². The zero-order valence-corrected chi connectivity index (χ0v) is 10.6. The summed E-state index contributed by atoms with van der Waals surface area (Å²) in [5.41, 5.74) is 0.887. The van der Waals surface area contributed by atoms with Crippen molar-refractivity contribution in [1.29, 1.82) is 0 Å². The van der Waals surface area contributed by atoms with Crippen LogP contribution in [0.4, 0.5) is 0 Å². The molecule has 0 bridgehead atoms. The number of phenols is 1. The van der Waals surface area contributed by atoms with E-state index in [0.717, 1.165) is 18.7 Å². The maximum absolute atomic E-state index is 11.6. The standard InChI is InChI=1S/C13H20N2O3/c1-18-9-8-14-6-7-15-13(17)10-11-2-4-12(16)5-3-11/h2-5,14,16H,6-10H2,1H3,(H,15,17). The summed E-state index contributed by atoms with van der Waals surface area (Å²) in [6.45, 7) is 2.77. The van der Waals surface area contributed by atoms with Gasteiger partial charge in [-0.15, -0.1) is 0 Å². The predicted octanol–water partition coefficient (Wildman–Crippen LogP) is 0.287. The second-order valence-electron chi connectivity index (χ2n) is 3.94. The van der Waals surface area contributed by atoms with Gasteiger partial charge in [0, 0.05) is 26.7 Å². The molecule has 0 aromatic heterocycles. The second kappa shape index (κ2) is 8.49. The zero-order valence-electron chi connectivity index (χ0n) is 10.6. The van der Waals surface area contributed by atoms with Crippen LogP contribution in [0.15, 0.2) is 24.3 Å². The third kappa shape index (κ3) is 6.22. The summed E-state index contributed by atoms with van der Waals surface area (Å²) >= 11 is 0. The third-order valence-electron chi connectivity index (χ3n) is 2.41. The van der Waals surface area contributed by atoms with Gasteiger partial charge in [-0.2, -0.15) is 0 Å². The average molecular weight is 252 g/mol. The summed E-state index contributed by atoms with van der Waals surface area (Å²) in [5.74, 6) is 0.190. The van der Waals surface area contributed by atoms with E-state index >= 15 is 0 Å². The van der Waals surface area contributed by atoms with Crippen LogP contribution in [-0.4, -0.2) is 44.4 Å². The molecule has 1 aromatic rings. The fourth-order valence-corrected chi connectivity index (χ4v) is 1.45. The molecule has 0 radical (unpaired) electrons. The summed E-state index contributed by atoms with van der Waals surface area (Å²) < 4.78 is 4.89. The second-order valence-corrected chi connectivity index (χ2v) is 3.94. The van der Waals surface area contributed by atoms with E-state index in [9.17, 15) is 4.79 Å². The number of nitrogens with one attached hydrogen (secondary N) is 2. The molecule has 0 saturated carbocycles. The van der Waals surface area contributed by atoms with Gasteiger partial charge in [-0.1, -0.05) is 12.1 Å². The summed E-state index contributed by atoms with van der Waals surface area (Å²) in [4.78, 5) is 11.6. The van der Waals surface area contributed by atoms with Gasteiger partial charge in [0.25, 0.3) is 0 Å². The molecule has 100 valence electrons. The predicted molar refractivity (Wildman–Crippen MR) is 69.6 cm³/mol. The molecule has 0 heterocycles. The van der Waals surface area contributed by atoms with Crippen LogP contribution in [0.5, 0.6) is 5.75 Å². The SMILES string of the molecule is COCCNCCNC(=O)Cc1ccc(O)cc1. The maximum atomic E-state index is 11.6. The summed E-state index contributed by atoms with van der Waals surface area (Å²) in [7, 11) is 1.65. The van der Waals surface area contributed by atoms with Gasteiger partial charge in [0.05, 0.1) is 13.0 Å². The number of phenolic OH excluding ortho intramolecular Hbond substituents is 1. The molecule has 1 aromatic carbocycles. The van der Waals surface area contributed by atoms with Crippen LogP contribution >= 0.6 is 0 Å². The van der Waals surface area contributed by atoms with Crippen LogP contribution < -0.4 is 10.6 Å². The molecule has 0 spiro atoms. The van der Waals surface area contributed by atoms with Crippen LogP contribution in [0.3, 0.4) is 0 Å². The molecule has 1 amide bonds. The molecule has 5 heteroatoms. The third-order valence-corrected chi connectivity index (χ3v) is 2.41. The molecule has 0 fully saturated rings. The highest BCUT2D eigenvalue weighted by Crippen LogP contribution is 2.09. The number of carbonyl (C=O) groups is 1. The number of aromatic hydroxyl groups is 1. The smallest absolute Gasteiger partial charge is 0.224 e. The summed E-state index contributed by atoms with van der Waals surface area (Å²) in [6, 6.07) is 6.64. The van der Waals surface area contributed by atoms with Gasteiger partial charge in [-0.3, -0.25) is 4.79 Å². The zero-order chi connectivity index (χ0) is 13.2. The van der Waals surface area contributed by atoms with E-state index < -0.39 is 0 Å². The van der Waals surface area contributed by atoms with E-state index in [-0.39, 0.29) is 11.7 Å². The minimum absolute atomic E-state index is 0.0192. The molecular formula is C13H20N2O3. The number of ether oxygens (including phenoxy) is 1. The van der Waals surface area contributed by atoms with Crippen LogP contribution in [0.1, 0.15) is 5.56 Å². The first-order chi connectivity index (χ1) is 8.72. The molecule has 0 aliphatic carbocycles. The van der Waals surface area contributed by atoms with Crippen LogP contribution in [0.25, 0.3) is 0 Å². The summed E-state index contributed by atoms with van der Waals surface area (Å²) in [5, 5.41) is 15.1. The molecule has 1 rings (SSSR count). The molecule has 0 unspecified atom stereocenters. The Balaban J connectivity index is 2.12. The van der Waals surface area contributed by atoms with Gasteiger partial charge in [0.1, 0.15) is 5.75 Å². The lowest BCUT2D eigenvalue weighted by molar-refractivity contribution is -0.120. The van der Waals surface area contributed by atoms with Gasteiger partial charge >= 0.3 is 0 Å². The van der Waals surface area contributed by atoms with Crippen molar-refractivity contribution in [3.8, 4) is 5.75 Å². The number of hydrogen-bond donors (Lipinski definition) is 3. The Kier molecular flexibility index (Phi) is 6.83. The Morgan fingerprint density at radius 1 is 1.22 bits per heavy atom. The highest BCUT2D eigenvalue weighted by molar-refractivity contribution is 5.78. The molecule has 5 nitrogen and oxygen atoms in total. The van der Waals surface area contributed by atoms with Crippen molar-refractivity contribution in [3.05, 3.63) is 29.8 Å². The molecule has 0 aliphatic heterocycles. The average Bonchev–Trinajstić information content (AvgIpc) is 2.36. The van der Waals surface area contributed by atoms with Crippen molar-refractivity contribution in [3.63, 3.8) is 0 Å². The monoisotopic (exact) mass is 252 g/mol. The maximum Gasteiger partial charge on any atom is 0.224 e. The number of amides is 1. The quantitative estimate of drug-likeness (QED) is 0.581. The normalized spacial score (nSPS) is 10.3. The Labute approximate surface area is 107 Å². The fraction of sp³-hybridized carbons (Fsp3) is 0.462. The molecule has 18 heavy (non-hydrogen) atoms. The van der Waals surface area contributed by atoms with Crippen LogP contribution in [-0.2, 0) is 16.0 Å². The Bertz CT molecular complexity index is 352. The van der Waals surface area contributed by atoms with E-state index in [1.54, 1.807) is 31.4 Å². The van der Waals surface area contributed by atoms with Crippen molar-refractivity contribution in [1.82, 2.24) is 10.6 Å². The highest BCUT2D eigenvalue weighted by Gasteiger charge is 2.02. The van der Waals surface area contributed by atoms with Crippen molar-refractivity contribution in [2.24, 2.45) is 0 Å². The van der Waals surface area contributed by atoms with E-state index in [2.05, 4.69) is 10.6 Å². The Hall–Kier alpha value is -1.59. The largest absolute Gasteiger partial charge is 0.508 e. The highest BCUT2D eigenvalue weighted by atomic mass is 16.5. The molecule has 3 N–H and O–H groups in total. The van der Waals surface area contributed by atoms with Crippen LogP contribution in [0, 0.1) is 0 Å². The number of methoxy groups -OCH3 is 1. The van der Waals surface area contributed by atoms with Gasteiger partial charge < -0.3 is 20.5 Å². The van der Waals surface area contributed by atoms with Crippen LogP contribution in [0.2, 0.25) is 0 Å². The first-order valence-electron chi connectivity index (χ1n) is 5.96. The lowest BCUT2D eigenvalue weighted by Crippen LogP contribution is -2.33. The first kappa shape index (κ1) is 14.5. The van der Waals surface area contributed by atoms with Crippen molar-refractivity contribution in [2.75, 3.05) is 33.4 Å². The topological polar surface area (TPSA) is 70.6 Å².